The molecule has 1 aromatic rings. The number of nitrogens with two attached hydrogens (primary N) is 1. The van der Waals surface area contributed by atoms with E-state index >= 15 is 0 Å². The van der Waals surface area contributed by atoms with Gasteiger partial charge in [-0.1, -0.05) is 6.92 Å². The van der Waals surface area contributed by atoms with Gasteiger partial charge in [-0.3, -0.25) is 4.79 Å². The summed E-state index contributed by atoms with van der Waals surface area (Å²) in [6, 6.07) is 0.144. The van der Waals surface area contributed by atoms with Crippen molar-refractivity contribution < 1.29 is 9.53 Å². The first kappa shape index (κ1) is 16.4. The van der Waals surface area contributed by atoms with Crippen LogP contribution in [0.1, 0.15) is 53.2 Å². The van der Waals surface area contributed by atoms with Crippen molar-refractivity contribution in [1.82, 2.24) is 9.88 Å². The summed E-state index contributed by atoms with van der Waals surface area (Å²) in [5.74, 6) is 0.705. The summed E-state index contributed by atoms with van der Waals surface area (Å²) >= 11 is 1.44. The number of hydrogen-bond donors (Lipinski definition) is 1. The molecule has 0 radical (unpaired) electrons. The van der Waals surface area contributed by atoms with Crippen molar-refractivity contribution >= 4 is 17.2 Å². The molecule has 0 aromatic carbocycles. The van der Waals surface area contributed by atoms with Crippen LogP contribution in [-0.4, -0.2) is 42.0 Å². The fourth-order valence-corrected chi connectivity index (χ4v) is 3.82. The number of methoxy groups -OCH3 is 1. The van der Waals surface area contributed by atoms with Gasteiger partial charge in [-0.05, 0) is 32.6 Å². The molecule has 2 rings (SSSR count). The van der Waals surface area contributed by atoms with E-state index in [4.69, 9.17) is 10.5 Å². The molecule has 118 valence electrons. The van der Waals surface area contributed by atoms with Crippen LogP contribution < -0.4 is 5.73 Å². The number of carbonyl (C=O) groups is 1. The average molecular weight is 311 g/mol. The Hall–Kier alpha value is -0.980. The molecule has 1 saturated heterocycles. The highest BCUT2D eigenvalue weighted by Crippen LogP contribution is 2.29. The van der Waals surface area contributed by atoms with Crippen molar-refractivity contribution in [3.8, 4) is 0 Å². The summed E-state index contributed by atoms with van der Waals surface area (Å²) in [5, 5.41) is 0.855. The van der Waals surface area contributed by atoms with Crippen LogP contribution in [0, 0.1) is 12.8 Å². The lowest BCUT2D eigenvalue weighted by atomic mass is 9.92. The zero-order chi connectivity index (χ0) is 15.6. The molecule has 1 aliphatic heterocycles. The Bertz CT molecular complexity index is 503. The van der Waals surface area contributed by atoms with E-state index in [0.29, 0.717) is 12.5 Å². The van der Waals surface area contributed by atoms with Gasteiger partial charge in [0.1, 0.15) is 16.0 Å². The summed E-state index contributed by atoms with van der Waals surface area (Å²) in [6.45, 7) is 7.36. The third kappa shape index (κ3) is 3.44. The van der Waals surface area contributed by atoms with Crippen LogP contribution in [0.25, 0.3) is 0 Å². The van der Waals surface area contributed by atoms with Crippen LogP contribution in [0.4, 0.5) is 0 Å². The standard InChI is InChI=1S/C15H25N3O2S/c1-9-5-6-18(12(7-9)8-16)15(19)13-10(2)17-14(21-13)11(3)20-4/h9,11-12H,5-8,16H2,1-4H3. The van der Waals surface area contributed by atoms with Crippen molar-refractivity contribution in [2.75, 3.05) is 20.2 Å². The SMILES string of the molecule is COC(C)c1nc(C)c(C(=O)N2CCC(C)CC2CN)s1. The second-order valence-corrected chi connectivity index (χ2v) is 6.89. The van der Waals surface area contributed by atoms with Gasteiger partial charge in [-0.2, -0.15) is 0 Å². The minimum Gasteiger partial charge on any atom is -0.375 e. The Kier molecular flexibility index (Phi) is 5.35. The van der Waals surface area contributed by atoms with E-state index in [2.05, 4.69) is 11.9 Å². The van der Waals surface area contributed by atoms with Crippen LogP contribution in [0.15, 0.2) is 0 Å². The Morgan fingerprint density at radius 2 is 2.33 bits per heavy atom. The number of amides is 1. The minimum atomic E-state index is -0.0815. The molecule has 1 amide bonds. The first-order valence-electron chi connectivity index (χ1n) is 7.49. The van der Waals surface area contributed by atoms with Gasteiger partial charge in [0.05, 0.1) is 5.69 Å². The van der Waals surface area contributed by atoms with Gasteiger partial charge in [-0.25, -0.2) is 4.98 Å². The average Bonchev–Trinajstić information content (AvgIpc) is 2.87. The molecule has 1 aliphatic rings. The van der Waals surface area contributed by atoms with Crippen LogP contribution in [0.2, 0.25) is 0 Å². The summed E-state index contributed by atoms with van der Waals surface area (Å²) < 4.78 is 5.29. The lowest BCUT2D eigenvalue weighted by Gasteiger charge is -2.37. The summed E-state index contributed by atoms with van der Waals surface area (Å²) in [4.78, 5) is 20.0. The monoisotopic (exact) mass is 311 g/mol. The maximum Gasteiger partial charge on any atom is 0.266 e. The molecule has 6 heteroatoms. The highest BCUT2D eigenvalue weighted by atomic mass is 32.1. The van der Waals surface area contributed by atoms with Crippen molar-refractivity contribution in [1.29, 1.82) is 0 Å². The van der Waals surface area contributed by atoms with Crippen molar-refractivity contribution in [3.05, 3.63) is 15.6 Å². The molecule has 5 nitrogen and oxygen atoms in total. The first-order valence-corrected chi connectivity index (χ1v) is 8.30. The number of nitrogens with zero attached hydrogens (tertiary/aromatic N) is 2. The molecule has 2 heterocycles. The number of rotatable bonds is 4. The number of thiazole rings is 1. The highest BCUT2D eigenvalue weighted by molar-refractivity contribution is 7.13. The zero-order valence-corrected chi connectivity index (χ0v) is 14.1. The third-order valence-electron chi connectivity index (χ3n) is 4.22. The van der Waals surface area contributed by atoms with Crippen LogP contribution in [0.3, 0.4) is 0 Å². The summed E-state index contributed by atoms with van der Waals surface area (Å²) in [5.41, 5.74) is 6.65. The molecular weight excluding hydrogens is 286 g/mol. The fraction of sp³-hybridized carbons (Fsp3) is 0.733. The van der Waals surface area contributed by atoms with E-state index < -0.39 is 0 Å². The van der Waals surface area contributed by atoms with E-state index in [9.17, 15) is 4.79 Å². The zero-order valence-electron chi connectivity index (χ0n) is 13.3. The molecule has 0 saturated carbocycles. The molecule has 3 atom stereocenters. The predicted octanol–water partition coefficient (Wildman–Crippen LogP) is 2.36. The van der Waals surface area contributed by atoms with Crippen LogP contribution >= 0.6 is 11.3 Å². The maximum absolute atomic E-state index is 12.8. The van der Waals surface area contributed by atoms with Gasteiger partial charge in [0.25, 0.3) is 5.91 Å². The number of piperidine rings is 1. The number of aromatic nitrogens is 1. The van der Waals surface area contributed by atoms with E-state index in [-0.39, 0.29) is 18.1 Å². The second kappa shape index (κ2) is 6.85. The number of carbonyl (C=O) groups excluding carboxylic acids is 1. The number of likely N-dealkylation sites (tertiary alicyclic amines) is 1. The molecule has 21 heavy (non-hydrogen) atoms. The topological polar surface area (TPSA) is 68.5 Å². The molecule has 2 N–H and O–H groups in total. The first-order chi connectivity index (χ1) is 9.97. The van der Waals surface area contributed by atoms with E-state index in [1.165, 1.54) is 11.3 Å². The summed E-state index contributed by atoms with van der Waals surface area (Å²) in [6.07, 6.45) is 1.95. The lowest BCUT2D eigenvalue weighted by molar-refractivity contribution is 0.0577. The van der Waals surface area contributed by atoms with Crippen LogP contribution in [-0.2, 0) is 4.74 Å². The van der Waals surface area contributed by atoms with Gasteiger partial charge < -0.3 is 15.4 Å². The summed E-state index contributed by atoms with van der Waals surface area (Å²) in [7, 11) is 1.65. The normalized spacial score (nSPS) is 24.1. The Labute approximate surface area is 130 Å². The van der Waals surface area contributed by atoms with Gasteiger partial charge in [0.15, 0.2) is 0 Å². The van der Waals surface area contributed by atoms with Gasteiger partial charge >= 0.3 is 0 Å². The molecular formula is C15H25N3O2S. The molecule has 1 aromatic heterocycles. The minimum absolute atomic E-state index is 0.0712. The van der Waals surface area contributed by atoms with Gasteiger partial charge in [0, 0.05) is 26.2 Å². The largest absolute Gasteiger partial charge is 0.375 e. The third-order valence-corrected chi connectivity index (χ3v) is 5.53. The smallest absolute Gasteiger partial charge is 0.266 e. The maximum atomic E-state index is 12.8. The number of aryl methyl sites for hydroxylation is 1. The van der Waals surface area contributed by atoms with Gasteiger partial charge in [0.2, 0.25) is 0 Å². The van der Waals surface area contributed by atoms with Crippen molar-refractivity contribution in [2.45, 2.75) is 45.8 Å². The molecule has 0 aliphatic carbocycles. The molecule has 1 fully saturated rings. The van der Waals surface area contributed by atoms with Crippen molar-refractivity contribution in [3.63, 3.8) is 0 Å². The second-order valence-electron chi connectivity index (χ2n) is 5.86. The Morgan fingerprint density at radius 1 is 1.62 bits per heavy atom. The predicted molar refractivity (Wildman–Crippen MR) is 84.6 cm³/mol. The number of hydrogen-bond acceptors (Lipinski definition) is 5. The molecule has 0 spiro atoms. The van der Waals surface area contributed by atoms with Crippen molar-refractivity contribution in [2.24, 2.45) is 11.7 Å². The molecule has 3 unspecified atom stereocenters. The fourth-order valence-electron chi connectivity index (χ4n) is 2.76. The van der Waals surface area contributed by atoms with E-state index in [0.717, 1.165) is 35.0 Å². The van der Waals surface area contributed by atoms with Crippen LogP contribution in [0.5, 0.6) is 0 Å². The quantitative estimate of drug-likeness (QED) is 0.927. The van der Waals surface area contributed by atoms with Gasteiger partial charge in [-0.15, -0.1) is 11.3 Å². The van der Waals surface area contributed by atoms with E-state index in [1.807, 2.05) is 18.7 Å². The number of ether oxygens (including phenoxy) is 1. The lowest BCUT2D eigenvalue weighted by Crippen LogP contribution is -2.49. The molecule has 0 bridgehead atoms. The highest BCUT2D eigenvalue weighted by Gasteiger charge is 2.31. The van der Waals surface area contributed by atoms with E-state index in [1.54, 1.807) is 7.11 Å². The Morgan fingerprint density at radius 3 is 2.95 bits per heavy atom. The Balaban J connectivity index is 2.21.